The number of hydrogen-bond acceptors (Lipinski definition) is 6. The van der Waals surface area contributed by atoms with Gasteiger partial charge in [-0.3, -0.25) is 14.4 Å². The van der Waals surface area contributed by atoms with Crippen molar-refractivity contribution in [1.29, 1.82) is 0 Å². The molecule has 2 atom stereocenters. The molecule has 1 aromatic rings. The van der Waals surface area contributed by atoms with Crippen LogP contribution < -0.4 is 10.6 Å². The molecule has 2 N–H and O–H groups in total. The maximum atomic E-state index is 12.9. The van der Waals surface area contributed by atoms with Gasteiger partial charge in [-0.05, 0) is 30.5 Å². The van der Waals surface area contributed by atoms with Crippen LogP contribution in [0, 0.1) is 11.8 Å². The van der Waals surface area contributed by atoms with E-state index in [0.29, 0.717) is 19.1 Å². The van der Waals surface area contributed by atoms with Gasteiger partial charge in [0.2, 0.25) is 27.7 Å². The molecule has 0 radical (unpaired) electrons. The Labute approximate surface area is 192 Å². The van der Waals surface area contributed by atoms with Crippen molar-refractivity contribution >= 4 is 45.0 Å². The van der Waals surface area contributed by atoms with E-state index in [2.05, 4.69) is 10.6 Å². The van der Waals surface area contributed by atoms with Crippen molar-refractivity contribution in [3.05, 3.63) is 23.2 Å². The summed E-state index contributed by atoms with van der Waals surface area (Å²) >= 11 is 6.12. The van der Waals surface area contributed by atoms with Crippen LogP contribution in [0.15, 0.2) is 23.1 Å². The van der Waals surface area contributed by atoms with E-state index in [0.717, 1.165) is 6.42 Å². The van der Waals surface area contributed by atoms with Crippen molar-refractivity contribution in [1.82, 2.24) is 14.5 Å². The molecule has 1 heterocycles. The quantitative estimate of drug-likeness (QED) is 0.552. The van der Waals surface area contributed by atoms with Gasteiger partial charge in [0.15, 0.2) is 0 Å². The van der Waals surface area contributed by atoms with Crippen LogP contribution in [0.3, 0.4) is 0 Å². The maximum Gasteiger partial charge on any atom is 0.244 e. The van der Waals surface area contributed by atoms with Gasteiger partial charge >= 0.3 is 0 Å². The Kier molecular flexibility index (Phi) is 7.75. The molecule has 2 unspecified atom stereocenters. The second kappa shape index (κ2) is 10.2. The topological polar surface area (TPSA) is 125 Å². The molecule has 2 aliphatic rings. The lowest BCUT2D eigenvalue weighted by Crippen LogP contribution is -2.42. The molecule has 10 nitrogen and oxygen atoms in total. The second-order valence-electron chi connectivity index (χ2n) is 8.00. The Bertz CT molecular complexity index is 996. The van der Waals surface area contributed by atoms with Gasteiger partial charge in [-0.2, -0.15) is 4.31 Å². The van der Waals surface area contributed by atoms with Crippen LogP contribution in [-0.2, 0) is 29.1 Å². The minimum atomic E-state index is -3.84. The number of sulfonamides is 1. The van der Waals surface area contributed by atoms with E-state index in [-0.39, 0.29) is 53.6 Å². The van der Waals surface area contributed by atoms with Gasteiger partial charge in [-0.15, -0.1) is 0 Å². The van der Waals surface area contributed by atoms with Crippen LogP contribution in [0.2, 0.25) is 5.02 Å². The summed E-state index contributed by atoms with van der Waals surface area (Å²) < 4.78 is 32.3. The molecule has 1 aliphatic carbocycles. The number of rotatable bonds is 8. The highest BCUT2D eigenvalue weighted by molar-refractivity contribution is 7.89. The average molecular weight is 487 g/mol. The smallest absolute Gasteiger partial charge is 0.244 e. The number of likely N-dealkylation sites (N-methyl/N-ethyl adjacent to an activating group) is 1. The van der Waals surface area contributed by atoms with Crippen LogP contribution in [0.1, 0.15) is 13.3 Å². The second-order valence-corrected chi connectivity index (χ2v) is 10.3. The predicted octanol–water partition coefficient (Wildman–Crippen LogP) is 0.530. The molecule has 0 bridgehead atoms. The Morgan fingerprint density at radius 2 is 1.91 bits per heavy atom. The highest BCUT2D eigenvalue weighted by Gasteiger charge is 2.39. The van der Waals surface area contributed by atoms with Crippen LogP contribution in [-0.4, -0.2) is 81.8 Å². The molecule has 1 saturated heterocycles. The summed E-state index contributed by atoms with van der Waals surface area (Å²) in [7, 11) is -2.40. The first kappa shape index (κ1) is 24.4. The molecule has 1 aromatic carbocycles. The van der Waals surface area contributed by atoms with Crippen molar-refractivity contribution in [2.45, 2.75) is 18.2 Å². The van der Waals surface area contributed by atoms with E-state index in [1.165, 1.54) is 34.5 Å². The monoisotopic (exact) mass is 486 g/mol. The lowest BCUT2D eigenvalue weighted by Gasteiger charge is -2.26. The summed E-state index contributed by atoms with van der Waals surface area (Å²) in [6.45, 7) is 2.56. The first-order chi connectivity index (χ1) is 15.1. The van der Waals surface area contributed by atoms with Crippen molar-refractivity contribution in [2.24, 2.45) is 11.8 Å². The van der Waals surface area contributed by atoms with E-state index < -0.39 is 21.8 Å². The van der Waals surface area contributed by atoms with Crippen molar-refractivity contribution < 1.29 is 27.5 Å². The summed E-state index contributed by atoms with van der Waals surface area (Å²) in [5.41, 5.74) is 0.239. The zero-order valence-corrected chi connectivity index (χ0v) is 19.5. The zero-order valence-electron chi connectivity index (χ0n) is 18.0. The van der Waals surface area contributed by atoms with Crippen LogP contribution in [0.4, 0.5) is 5.69 Å². The van der Waals surface area contributed by atoms with Gasteiger partial charge in [-0.25, -0.2) is 8.42 Å². The minimum absolute atomic E-state index is 0.0377. The van der Waals surface area contributed by atoms with E-state index in [9.17, 15) is 22.8 Å². The first-order valence-corrected chi connectivity index (χ1v) is 12.1. The van der Waals surface area contributed by atoms with Gasteiger partial charge in [0.25, 0.3) is 0 Å². The van der Waals surface area contributed by atoms with E-state index in [4.69, 9.17) is 16.3 Å². The molecule has 32 heavy (non-hydrogen) atoms. The van der Waals surface area contributed by atoms with Crippen LogP contribution in [0.5, 0.6) is 0 Å². The third kappa shape index (κ3) is 5.97. The zero-order chi connectivity index (χ0) is 23.5. The Balaban J connectivity index is 1.57. The molecular formula is C20H27ClN4O6S. The number of hydrogen-bond donors (Lipinski definition) is 2. The van der Waals surface area contributed by atoms with Crippen LogP contribution in [0.25, 0.3) is 0 Å². The molecule has 176 valence electrons. The summed E-state index contributed by atoms with van der Waals surface area (Å²) in [6, 6.07) is 4.18. The number of carbonyl (C=O) groups is 3. The Morgan fingerprint density at radius 1 is 1.25 bits per heavy atom. The van der Waals surface area contributed by atoms with Crippen molar-refractivity contribution in [3.63, 3.8) is 0 Å². The maximum absolute atomic E-state index is 12.9. The first-order valence-electron chi connectivity index (χ1n) is 10.3. The number of halogens is 1. The van der Waals surface area contributed by atoms with Crippen LogP contribution >= 0.6 is 11.6 Å². The number of anilines is 1. The predicted molar refractivity (Wildman–Crippen MR) is 118 cm³/mol. The number of amides is 3. The van der Waals surface area contributed by atoms with Crippen molar-refractivity contribution in [2.75, 3.05) is 51.8 Å². The fourth-order valence-corrected chi connectivity index (χ4v) is 5.23. The molecule has 0 aromatic heterocycles. The van der Waals surface area contributed by atoms with E-state index >= 15 is 0 Å². The number of nitrogens with zero attached hydrogens (tertiary/aromatic N) is 2. The minimum Gasteiger partial charge on any atom is -0.379 e. The normalized spacial score (nSPS) is 21.0. The number of ether oxygens (including phenoxy) is 1. The molecular weight excluding hydrogens is 460 g/mol. The SMILES string of the molecule is CC1CC1C(=O)NCC(=O)N(C)CC(=O)Nc1ccc(Cl)c(S(=O)(=O)N2CCOCC2)c1. The molecule has 3 rings (SSSR count). The van der Waals surface area contributed by atoms with E-state index in [1.54, 1.807) is 0 Å². The standard InChI is InChI=1S/C20H27ClN4O6S/c1-13-9-15(13)20(28)22-11-19(27)24(2)12-18(26)23-14-3-4-16(21)17(10-14)32(29,30)25-5-7-31-8-6-25/h3-4,10,13,15H,5-9,11-12H2,1-2H3,(H,22,28)(H,23,26). The molecule has 1 aliphatic heterocycles. The third-order valence-electron chi connectivity index (χ3n) is 5.47. The van der Waals surface area contributed by atoms with Gasteiger partial charge in [0.05, 0.1) is 31.3 Å². The average Bonchev–Trinajstić information content (AvgIpc) is 3.50. The molecule has 12 heteroatoms. The summed E-state index contributed by atoms with van der Waals surface area (Å²) in [4.78, 5) is 37.5. The third-order valence-corrected chi connectivity index (χ3v) is 7.85. The molecule has 2 fully saturated rings. The summed E-state index contributed by atoms with van der Waals surface area (Å²) in [6.07, 6.45) is 0.822. The Morgan fingerprint density at radius 3 is 2.53 bits per heavy atom. The van der Waals surface area contributed by atoms with Gasteiger partial charge < -0.3 is 20.3 Å². The number of benzene rings is 1. The largest absolute Gasteiger partial charge is 0.379 e. The lowest BCUT2D eigenvalue weighted by molar-refractivity contribution is -0.134. The van der Waals surface area contributed by atoms with Crippen molar-refractivity contribution in [3.8, 4) is 0 Å². The molecule has 1 saturated carbocycles. The molecule has 0 spiro atoms. The highest BCUT2D eigenvalue weighted by atomic mass is 35.5. The summed E-state index contributed by atoms with van der Waals surface area (Å²) in [5.74, 6) is -0.776. The number of carbonyl (C=O) groups excluding carboxylic acids is 3. The molecule has 3 amide bonds. The summed E-state index contributed by atoms with van der Waals surface area (Å²) in [5, 5.41) is 5.21. The highest BCUT2D eigenvalue weighted by Crippen LogP contribution is 2.37. The van der Waals surface area contributed by atoms with E-state index in [1.807, 2.05) is 6.92 Å². The van der Waals surface area contributed by atoms with Gasteiger partial charge in [-0.1, -0.05) is 18.5 Å². The van der Waals surface area contributed by atoms with Gasteiger partial charge in [0, 0.05) is 31.7 Å². The van der Waals surface area contributed by atoms with Gasteiger partial charge in [0.1, 0.15) is 4.90 Å². The Hall–Kier alpha value is -2.21. The number of nitrogens with one attached hydrogen (secondary N) is 2. The number of morpholine rings is 1. The fourth-order valence-electron chi connectivity index (χ4n) is 3.33. The fraction of sp³-hybridized carbons (Fsp3) is 0.550. The lowest BCUT2D eigenvalue weighted by atomic mass is 10.3.